The molecule has 0 aliphatic heterocycles. The first-order valence-corrected chi connectivity index (χ1v) is 11.6. The molecule has 2 atom stereocenters. The molecule has 39 heavy (non-hydrogen) atoms. The Morgan fingerprint density at radius 1 is 0.872 bits per heavy atom. The van der Waals surface area contributed by atoms with Crippen LogP contribution in [0.15, 0.2) is 66.7 Å². The number of amides is 1. The van der Waals surface area contributed by atoms with Crippen molar-refractivity contribution in [3.05, 3.63) is 98.0 Å². The van der Waals surface area contributed by atoms with Crippen LogP contribution in [-0.2, 0) is 19.1 Å². The van der Waals surface area contributed by atoms with Crippen molar-refractivity contribution in [2.45, 2.75) is 12.2 Å². The minimum atomic E-state index is -2.38. The molecule has 14 heteroatoms. The Morgan fingerprint density at radius 2 is 1.38 bits per heavy atom. The number of benzene rings is 3. The van der Waals surface area contributed by atoms with Crippen molar-refractivity contribution in [2.24, 2.45) is 0 Å². The number of carboxylic acids is 1. The molecule has 0 aliphatic carbocycles. The monoisotopic (exact) mass is 576 g/mol. The van der Waals surface area contributed by atoms with Crippen LogP contribution in [0.5, 0.6) is 5.75 Å². The number of carboxylic acid groups (broad SMARTS) is 1. The summed E-state index contributed by atoms with van der Waals surface area (Å²) in [5.74, 6) is -5.65. The van der Waals surface area contributed by atoms with E-state index in [9.17, 15) is 34.4 Å². The summed E-state index contributed by atoms with van der Waals surface area (Å²) < 4.78 is 15.3. The first-order chi connectivity index (χ1) is 18.5. The molecule has 2 N–H and O–H groups in total. The highest BCUT2D eigenvalue weighted by molar-refractivity contribution is 6.34. The number of carbonyl (C=O) groups excluding carboxylic acids is 3. The fourth-order valence-electron chi connectivity index (χ4n) is 3.22. The van der Waals surface area contributed by atoms with Crippen LogP contribution in [-0.4, -0.2) is 53.2 Å². The highest BCUT2D eigenvalue weighted by Gasteiger charge is 2.41. The van der Waals surface area contributed by atoms with E-state index in [4.69, 9.17) is 37.4 Å². The van der Waals surface area contributed by atoms with Crippen LogP contribution in [0.1, 0.15) is 20.7 Å². The zero-order valence-electron chi connectivity index (χ0n) is 19.8. The molecular formula is C25H18Cl2N2O10. The Hall–Kier alpha value is -4.68. The standard InChI is InChI=1S/C25H18Cl2N2O10/c1-37-19-11-10-13(29(35)36)12-18(19)28-22(30)20(38-24(33)14-6-2-4-8-16(14)26)21(23(31)32)39-25(34)15-7-3-5-9-17(15)27/h2-12,20-21H,1H3,(H,28,30)(H,31,32)/t20-,21+/m1/s1. The highest BCUT2D eigenvalue weighted by Crippen LogP contribution is 2.30. The molecule has 0 bridgehead atoms. The predicted molar refractivity (Wildman–Crippen MR) is 137 cm³/mol. The number of esters is 2. The number of rotatable bonds is 10. The van der Waals surface area contributed by atoms with Gasteiger partial charge in [0.25, 0.3) is 11.6 Å². The maximum atomic E-state index is 13.3. The van der Waals surface area contributed by atoms with E-state index in [1.807, 2.05) is 0 Å². The number of hydrogen-bond donors (Lipinski definition) is 2. The second-order valence-electron chi connectivity index (χ2n) is 7.58. The summed E-state index contributed by atoms with van der Waals surface area (Å²) in [7, 11) is 1.22. The van der Waals surface area contributed by atoms with Crippen molar-refractivity contribution in [2.75, 3.05) is 12.4 Å². The average Bonchev–Trinajstić information content (AvgIpc) is 2.90. The fourth-order valence-corrected chi connectivity index (χ4v) is 3.64. The zero-order chi connectivity index (χ0) is 28.7. The summed E-state index contributed by atoms with van der Waals surface area (Å²) in [6.07, 6.45) is -4.69. The summed E-state index contributed by atoms with van der Waals surface area (Å²) in [6.45, 7) is 0. The first kappa shape index (κ1) is 28.9. The smallest absolute Gasteiger partial charge is 0.349 e. The van der Waals surface area contributed by atoms with E-state index in [0.717, 1.165) is 12.1 Å². The molecule has 3 rings (SSSR count). The Bertz CT molecular complexity index is 1450. The van der Waals surface area contributed by atoms with Gasteiger partial charge >= 0.3 is 17.9 Å². The van der Waals surface area contributed by atoms with Crippen molar-refractivity contribution in [3.63, 3.8) is 0 Å². The summed E-state index contributed by atoms with van der Waals surface area (Å²) >= 11 is 12.0. The van der Waals surface area contributed by atoms with Crippen molar-refractivity contribution < 1.29 is 43.4 Å². The number of nitro benzene ring substituents is 1. The van der Waals surface area contributed by atoms with Crippen molar-refractivity contribution in [1.29, 1.82) is 0 Å². The maximum Gasteiger partial charge on any atom is 0.349 e. The van der Waals surface area contributed by atoms with Gasteiger partial charge in [0, 0.05) is 12.1 Å². The molecule has 0 saturated carbocycles. The van der Waals surface area contributed by atoms with Crippen LogP contribution in [0.2, 0.25) is 10.0 Å². The van der Waals surface area contributed by atoms with E-state index in [-0.39, 0.29) is 32.6 Å². The normalized spacial score (nSPS) is 12.0. The molecule has 0 aliphatic rings. The van der Waals surface area contributed by atoms with E-state index >= 15 is 0 Å². The van der Waals surface area contributed by atoms with Gasteiger partial charge in [0.1, 0.15) is 5.75 Å². The molecule has 12 nitrogen and oxygen atoms in total. The number of halogens is 2. The van der Waals surface area contributed by atoms with E-state index in [2.05, 4.69) is 5.32 Å². The van der Waals surface area contributed by atoms with Gasteiger partial charge in [-0.1, -0.05) is 47.5 Å². The molecule has 0 fully saturated rings. The van der Waals surface area contributed by atoms with Crippen LogP contribution in [0.4, 0.5) is 11.4 Å². The quantitative estimate of drug-likeness (QED) is 0.200. The van der Waals surface area contributed by atoms with Crippen LogP contribution < -0.4 is 10.1 Å². The molecule has 0 unspecified atom stereocenters. The van der Waals surface area contributed by atoms with Gasteiger partial charge in [-0.05, 0) is 30.3 Å². The Labute approximate surface area is 230 Å². The van der Waals surface area contributed by atoms with Gasteiger partial charge in [0.2, 0.25) is 12.2 Å². The third-order valence-corrected chi connectivity index (χ3v) is 5.74. The number of anilines is 1. The Balaban J connectivity index is 2.02. The van der Waals surface area contributed by atoms with Gasteiger partial charge in [-0.3, -0.25) is 14.9 Å². The fraction of sp³-hybridized carbons (Fsp3) is 0.120. The van der Waals surface area contributed by atoms with Gasteiger partial charge in [0.15, 0.2) is 0 Å². The molecule has 0 saturated heterocycles. The summed E-state index contributed by atoms with van der Waals surface area (Å²) in [4.78, 5) is 61.6. The third kappa shape index (κ3) is 7.00. The van der Waals surface area contributed by atoms with Crippen molar-refractivity contribution in [1.82, 2.24) is 0 Å². The van der Waals surface area contributed by atoms with Crippen LogP contribution >= 0.6 is 23.2 Å². The van der Waals surface area contributed by atoms with Gasteiger partial charge in [-0.2, -0.15) is 0 Å². The lowest BCUT2D eigenvalue weighted by molar-refractivity contribution is -0.384. The minimum absolute atomic E-state index is 0.0370. The molecule has 0 spiro atoms. The Morgan fingerprint density at radius 3 is 1.85 bits per heavy atom. The summed E-state index contributed by atoms with van der Waals surface area (Å²) in [5, 5.41) is 23.2. The predicted octanol–water partition coefficient (Wildman–Crippen LogP) is 4.38. The summed E-state index contributed by atoms with van der Waals surface area (Å²) in [5.41, 5.74) is -1.12. The van der Waals surface area contributed by atoms with Crippen molar-refractivity contribution in [3.8, 4) is 5.75 Å². The second kappa shape index (κ2) is 12.7. The lowest BCUT2D eigenvalue weighted by atomic mass is 10.1. The molecule has 3 aromatic carbocycles. The van der Waals surface area contributed by atoms with E-state index in [1.54, 1.807) is 0 Å². The maximum absolute atomic E-state index is 13.3. The number of aliphatic carboxylic acids is 1. The SMILES string of the molecule is COc1ccc([N+](=O)[O-])cc1NC(=O)[C@H](OC(=O)c1ccccc1Cl)[C@H](OC(=O)c1ccccc1Cl)C(=O)O. The second-order valence-corrected chi connectivity index (χ2v) is 8.40. The summed E-state index contributed by atoms with van der Waals surface area (Å²) in [6, 6.07) is 14.4. The van der Waals surface area contributed by atoms with Crippen LogP contribution in [0.3, 0.4) is 0 Å². The molecule has 0 heterocycles. The number of nitro groups is 1. The lowest BCUT2D eigenvalue weighted by Crippen LogP contribution is -2.48. The number of carbonyl (C=O) groups is 4. The highest BCUT2D eigenvalue weighted by atomic mass is 35.5. The molecule has 3 aromatic rings. The Kier molecular flexibility index (Phi) is 9.42. The third-order valence-electron chi connectivity index (χ3n) is 5.08. The van der Waals surface area contributed by atoms with Gasteiger partial charge in [-0.25, -0.2) is 14.4 Å². The van der Waals surface area contributed by atoms with E-state index < -0.39 is 46.6 Å². The number of hydrogen-bond acceptors (Lipinski definition) is 9. The number of ether oxygens (including phenoxy) is 3. The van der Waals surface area contributed by atoms with Gasteiger partial charge in [-0.15, -0.1) is 0 Å². The van der Waals surface area contributed by atoms with Crippen LogP contribution in [0.25, 0.3) is 0 Å². The largest absolute Gasteiger partial charge is 0.495 e. The van der Waals surface area contributed by atoms with Gasteiger partial charge < -0.3 is 24.6 Å². The molecule has 1 amide bonds. The lowest BCUT2D eigenvalue weighted by Gasteiger charge is -2.24. The van der Waals surface area contributed by atoms with Crippen LogP contribution in [0, 0.1) is 10.1 Å². The topological polar surface area (TPSA) is 171 Å². The molecular weight excluding hydrogens is 559 g/mol. The minimum Gasteiger partial charge on any atom is -0.495 e. The molecule has 0 aromatic heterocycles. The first-order valence-electron chi connectivity index (χ1n) is 10.8. The molecule has 0 radical (unpaired) electrons. The zero-order valence-corrected chi connectivity index (χ0v) is 21.3. The van der Waals surface area contributed by atoms with E-state index in [0.29, 0.717) is 0 Å². The number of nitrogens with one attached hydrogen (secondary N) is 1. The average molecular weight is 577 g/mol. The number of non-ortho nitro benzene ring substituents is 1. The van der Waals surface area contributed by atoms with Gasteiger partial charge in [0.05, 0.1) is 38.9 Å². The molecule has 202 valence electrons. The number of nitrogens with zero attached hydrogens (tertiary/aromatic N) is 1. The van der Waals surface area contributed by atoms with Crippen molar-refractivity contribution >= 4 is 58.4 Å². The number of methoxy groups -OCH3 is 1. The van der Waals surface area contributed by atoms with E-state index in [1.165, 1.54) is 61.7 Å².